The van der Waals surface area contributed by atoms with Gasteiger partial charge in [-0.25, -0.2) is 0 Å². The second kappa shape index (κ2) is 14.6. The molecule has 0 heterocycles. The molecule has 0 spiro atoms. The van der Waals surface area contributed by atoms with Crippen LogP contribution in [0, 0.1) is 30.6 Å². The predicted molar refractivity (Wildman–Crippen MR) is 92.3 cm³/mol. The summed E-state index contributed by atoms with van der Waals surface area (Å²) in [5.41, 5.74) is 2.47. The lowest BCUT2D eigenvalue weighted by Crippen LogP contribution is -1.93. The number of aliphatic hydroxyl groups is 2. The van der Waals surface area contributed by atoms with E-state index >= 15 is 0 Å². The van der Waals surface area contributed by atoms with Gasteiger partial charge in [-0.3, -0.25) is 9.59 Å². The minimum atomic E-state index is -0.833. The minimum absolute atomic E-state index is 0.173. The molecule has 1 rings (SSSR count). The largest absolute Gasteiger partial charge is 0.495 e. The number of benzene rings is 1. The molecule has 1 aromatic rings. The molecule has 0 saturated heterocycles. The van der Waals surface area contributed by atoms with E-state index in [0.717, 1.165) is 25.0 Å². The maximum Gasteiger partial charge on any atom is 0.300 e. The summed E-state index contributed by atoms with van der Waals surface area (Å²) < 4.78 is 5.20. The normalized spacial score (nSPS) is 7.92. The third kappa shape index (κ3) is 14.3. The molecule has 0 fully saturated rings. The second-order valence-corrected chi connectivity index (χ2v) is 4.33. The van der Waals surface area contributed by atoms with Crippen LogP contribution < -0.4 is 4.74 Å². The first-order valence-corrected chi connectivity index (χ1v) is 6.96. The number of aliphatic hydroxyl groups excluding tert-OH is 2. The van der Waals surface area contributed by atoms with Gasteiger partial charge in [0.05, 0.1) is 12.7 Å². The van der Waals surface area contributed by atoms with Crippen molar-refractivity contribution in [2.45, 2.75) is 20.8 Å². The Morgan fingerprint density at radius 3 is 1.72 bits per heavy atom. The molecule has 0 aliphatic heterocycles. The first-order chi connectivity index (χ1) is 11.7. The first-order valence-electron chi connectivity index (χ1n) is 6.96. The zero-order chi connectivity index (χ0) is 19.8. The molecule has 0 aliphatic rings. The molecular weight excluding hydrogens is 328 g/mol. The Kier molecular flexibility index (Phi) is 14.1. The predicted octanol–water partition coefficient (Wildman–Crippen LogP) is 0.873. The Hall–Kier alpha value is -3.00. The van der Waals surface area contributed by atoms with Gasteiger partial charge < -0.3 is 25.2 Å². The maximum atomic E-state index is 9.00. The molecule has 0 aromatic heterocycles. The van der Waals surface area contributed by atoms with Crippen molar-refractivity contribution in [3.05, 3.63) is 28.8 Å². The summed E-state index contributed by atoms with van der Waals surface area (Å²) >= 11 is 0. The lowest BCUT2D eigenvalue weighted by Gasteiger charge is -2.06. The van der Waals surface area contributed by atoms with Crippen molar-refractivity contribution in [2.75, 3.05) is 20.3 Å². The number of hydrogen-bond donors (Lipinski definition) is 4. The Labute approximate surface area is 146 Å². The Balaban J connectivity index is 0. The number of methoxy groups -OCH3 is 1. The van der Waals surface area contributed by atoms with Gasteiger partial charge in [0.25, 0.3) is 11.9 Å². The summed E-state index contributed by atoms with van der Waals surface area (Å²) in [6, 6.07) is 3.63. The number of carbonyl (C=O) groups is 2. The SMILES string of the molecule is CC(=O)O.CC(=O)O.COc1cc(C#CCO)c(C)cc1C#CCO. The second-order valence-electron chi connectivity index (χ2n) is 4.33. The van der Waals surface area contributed by atoms with Crippen LogP contribution in [0.1, 0.15) is 30.5 Å². The van der Waals surface area contributed by atoms with E-state index in [1.807, 2.05) is 13.0 Å². The van der Waals surface area contributed by atoms with Crippen molar-refractivity contribution in [3.8, 4) is 29.4 Å². The van der Waals surface area contributed by atoms with Crippen molar-refractivity contribution in [3.63, 3.8) is 0 Å². The summed E-state index contributed by atoms with van der Waals surface area (Å²) in [6.07, 6.45) is 0. The maximum absolute atomic E-state index is 9.00. The summed E-state index contributed by atoms with van der Waals surface area (Å²) in [5, 5.41) is 32.2. The zero-order valence-corrected chi connectivity index (χ0v) is 14.6. The van der Waals surface area contributed by atoms with Crippen molar-refractivity contribution in [2.24, 2.45) is 0 Å². The molecule has 0 radical (unpaired) electrons. The monoisotopic (exact) mass is 350 g/mol. The smallest absolute Gasteiger partial charge is 0.300 e. The zero-order valence-electron chi connectivity index (χ0n) is 14.6. The topological polar surface area (TPSA) is 124 Å². The van der Waals surface area contributed by atoms with Crippen LogP contribution in [-0.4, -0.2) is 52.7 Å². The van der Waals surface area contributed by atoms with Gasteiger partial charge in [-0.1, -0.05) is 23.7 Å². The average molecular weight is 350 g/mol. The summed E-state index contributed by atoms with van der Waals surface area (Å²) in [5.74, 6) is 9.77. The lowest BCUT2D eigenvalue weighted by molar-refractivity contribution is -0.135. The van der Waals surface area contributed by atoms with E-state index < -0.39 is 11.9 Å². The van der Waals surface area contributed by atoms with Crippen molar-refractivity contribution in [1.82, 2.24) is 0 Å². The molecular formula is C18H22O7. The highest BCUT2D eigenvalue weighted by Crippen LogP contribution is 2.22. The number of aliphatic carboxylic acids is 2. The number of ether oxygens (including phenoxy) is 1. The summed E-state index contributed by atoms with van der Waals surface area (Å²) in [7, 11) is 1.55. The van der Waals surface area contributed by atoms with Gasteiger partial charge in [-0.05, 0) is 24.6 Å². The van der Waals surface area contributed by atoms with Crippen LogP contribution in [0.25, 0.3) is 0 Å². The fraction of sp³-hybridized carbons (Fsp3) is 0.333. The third-order valence-corrected chi connectivity index (χ3v) is 2.15. The summed E-state index contributed by atoms with van der Waals surface area (Å²) in [4.78, 5) is 18.0. The van der Waals surface area contributed by atoms with E-state index in [1.54, 1.807) is 13.2 Å². The molecule has 4 N–H and O–H groups in total. The fourth-order valence-corrected chi connectivity index (χ4v) is 1.36. The van der Waals surface area contributed by atoms with Gasteiger partial charge in [0.1, 0.15) is 19.0 Å². The Bertz CT molecular complexity index is 665. The van der Waals surface area contributed by atoms with Gasteiger partial charge in [-0.2, -0.15) is 0 Å². The van der Waals surface area contributed by atoms with Crippen LogP contribution in [0.2, 0.25) is 0 Å². The average Bonchev–Trinajstić information content (AvgIpc) is 2.50. The van der Waals surface area contributed by atoms with E-state index in [0.29, 0.717) is 11.3 Å². The number of carboxylic acid groups (broad SMARTS) is 2. The van der Waals surface area contributed by atoms with Crippen LogP contribution in [0.4, 0.5) is 0 Å². The van der Waals surface area contributed by atoms with E-state index in [4.69, 9.17) is 34.8 Å². The van der Waals surface area contributed by atoms with E-state index in [1.165, 1.54) is 0 Å². The molecule has 136 valence electrons. The molecule has 1 aromatic carbocycles. The number of rotatable bonds is 1. The van der Waals surface area contributed by atoms with Gasteiger partial charge in [0.15, 0.2) is 0 Å². The fourth-order valence-electron chi connectivity index (χ4n) is 1.36. The third-order valence-electron chi connectivity index (χ3n) is 2.15. The van der Waals surface area contributed by atoms with Crippen molar-refractivity contribution in [1.29, 1.82) is 0 Å². The van der Waals surface area contributed by atoms with Gasteiger partial charge >= 0.3 is 0 Å². The van der Waals surface area contributed by atoms with E-state index in [2.05, 4.69) is 23.7 Å². The van der Waals surface area contributed by atoms with Gasteiger partial charge in [0, 0.05) is 19.4 Å². The lowest BCUT2D eigenvalue weighted by atomic mass is 10.0. The molecule has 7 nitrogen and oxygen atoms in total. The first kappa shape index (κ1) is 24.3. The van der Waals surface area contributed by atoms with Gasteiger partial charge in [0.2, 0.25) is 0 Å². The molecule has 25 heavy (non-hydrogen) atoms. The molecule has 0 bridgehead atoms. The number of aryl methyl sites for hydroxylation is 1. The molecule has 0 amide bonds. The minimum Gasteiger partial charge on any atom is -0.495 e. The standard InChI is InChI=1S/C14H14O3.2C2H4O2/c1-11-9-13(6-4-8-16)14(17-2)10-12(11)5-3-7-15;2*1-2(3)4/h9-10,15-16H,7-8H2,1-2H3;2*1H3,(H,3,4). The highest BCUT2D eigenvalue weighted by Gasteiger charge is 2.04. The number of hydrogen-bond acceptors (Lipinski definition) is 5. The van der Waals surface area contributed by atoms with E-state index in [9.17, 15) is 0 Å². The van der Waals surface area contributed by atoms with E-state index in [-0.39, 0.29) is 13.2 Å². The number of carboxylic acids is 2. The molecule has 0 aliphatic carbocycles. The Morgan fingerprint density at radius 2 is 1.36 bits per heavy atom. The quantitative estimate of drug-likeness (QED) is 0.554. The van der Waals surface area contributed by atoms with Crippen LogP contribution in [-0.2, 0) is 9.59 Å². The molecule has 7 heteroatoms. The Morgan fingerprint density at radius 1 is 0.960 bits per heavy atom. The van der Waals surface area contributed by atoms with Crippen molar-refractivity contribution < 1.29 is 34.8 Å². The highest BCUT2D eigenvalue weighted by atomic mass is 16.5. The summed E-state index contributed by atoms with van der Waals surface area (Å²) in [6.45, 7) is 3.72. The molecule has 0 unspecified atom stereocenters. The van der Waals surface area contributed by atoms with Crippen molar-refractivity contribution >= 4 is 11.9 Å². The highest BCUT2D eigenvalue weighted by molar-refractivity contribution is 5.63. The molecule has 0 atom stereocenters. The van der Waals surface area contributed by atoms with Crippen LogP contribution in [0.3, 0.4) is 0 Å². The van der Waals surface area contributed by atoms with Gasteiger partial charge in [-0.15, -0.1) is 0 Å². The molecule has 0 saturated carbocycles. The van der Waals surface area contributed by atoms with Crippen LogP contribution in [0.15, 0.2) is 12.1 Å². The van der Waals surface area contributed by atoms with Crippen LogP contribution >= 0.6 is 0 Å². The van der Waals surface area contributed by atoms with Crippen LogP contribution in [0.5, 0.6) is 5.75 Å².